The number of pyridine rings is 1. The Hall–Kier alpha value is -0.890. The van der Waals surface area contributed by atoms with Crippen LogP contribution in [0.5, 0.6) is 0 Å². The average Bonchev–Trinajstić information content (AvgIpc) is 2.58. The van der Waals surface area contributed by atoms with Gasteiger partial charge >= 0.3 is 0 Å². The van der Waals surface area contributed by atoms with E-state index in [9.17, 15) is 0 Å². The third-order valence-corrected chi connectivity index (χ3v) is 3.83. The van der Waals surface area contributed by atoms with Crippen molar-refractivity contribution >= 4 is 21.6 Å². The van der Waals surface area contributed by atoms with Gasteiger partial charge in [0, 0.05) is 6.20 Å². The van der Waals surface area contributed by atoms with Gasteiger partial charge in [-0.15, -0.1) is 11.3 Å². The maximum atomic E-state index is 4.64. The van der Waals surface area contributed by atoms with Crippen LogP contribution in [0.2, 0.25) is 0 Å². The monoisotopic (exact) mass is 233 g/mol. The van der Waals surface area contributed by atoms with Gasteiger partial charge in [0.2, 0.25) is 0 Å². The van der Waals surface area contributed by atoms with Crippen molar-refractivity contribution in [2.75, 3.05) is 0 Å². The summed E-state index contributed by atoms with van der Waals surface area (Å²) in [5, 5.41) is 2.25. The third-order valence-electron chi connectivity index (χ3n) is 2.91. The van der Waals surface area contributed by atoms with Gasteiger partial charge < -0.3 is 0 Å². The van der Waals surface area contributed by atoms with E-state index < -0.39 is 0 Å². The van der Waals surface area contributed by atoms with E-state index in [1.54, 1.807) is 0 Å². The van der Waals surface area contributed by atoms with Gasteiger partial charge in [-0.25, -0.2) is 0 Å². The largest absolute Gasteiger partial charge is 0.255 e. The van der Waals surface area contributed by atoms with Crippen molar-refractivity contribution in [3.8, 4) is 0 Å². The fraction of sp³-hybridized carbons (Fsp3) is 0.500. The molecule has 0 aromatic carbocycles. The van der Waals surface area contributed by atoms with Crippen LogP contribution in [0.25, 0.3) is 10.2 Å². The van der Waals surface area contributed by atoms with E-state index in [1.165, 1.54) is 21.3 Å². The van der Waals surface area contributed by atoms with E-state index in [2.05, 4.69) is 51.0 Å². The summed E-state index contributed by atoms with van der Waals surface area (Å²) in [7, 11) is 0. The highest BCUT2D eigenvalue weighted by atomic mass is 32.1. The maximum Gasteiger partial charge on any atom is 0.0847 e. The minimum atomic E-state index is 0.185. The molecule has 0 fully saturated rings. The Kier molecular flexibility index (Phi) is 2.79. The first-order valence-electron chi connectivity index (χ1n) is 5.77. The van der Waals surface area contributed by atoms with Crippen molar-refractivity contribution in [3.05, 3.63) is 28.8 Å². The number of fused-ring (bicyclic) bond motifs is 1. The predicted octanol–water partition coefficient (Wildman–Crippen LogP) is 4.72. The summed E-state index contributed by atoms with van der Waals surface area (Å²) in [5.74, 6) is 0.553. The molecule has 0 atom stereocenters. The summed E-state index contributed by atoms with van der Waals surface area (Å²) in [6, 6.07) is 2.28. The highest BCUT2D eigenvalue weighted by Crippen LogP contribution is 2.34. The lowest BCUT2D eigenvalue weighted by Crippen LogP contribution is -2.10. The molecule has 0 N–H and O–H groups in total. The summed E-state index contributed by atoms with van der Waals surface area (Å²) in [6.45, 7) is 11.1. The molecular formula is C14H19NS. The van der Waals surface area contributed by atoms with Crippen LogP contribution in [0, 0.1) is 0 Å². The van der Waals surface area contributed by atoms with Crippen LogP contribution in [-0.2, 0) is 5.41 Å². The third kappa shape index (κ3) is 1.99. The molecule has 0 aliphatic carbocycles. The zero-order valence-corrected chi connectivity index (χ0v) is 11.5. The van der Waals surface area contributed by atoms with Crippen LogP contribution in [-0.4, -0.2) is 4.98 Å². The summed E-state index contributed by atoms with van der Waals surface area (Å²) in [4.78, 5) is 4.64. The average molecular weight is 233 g/mol. The molecule has 86 valence electrons. The Balaban J connectivity index is 2.59. The molecule has 2 heteroatoms. The molecule has 0 radical (unpaired) electrons. The Labute approximate surface area is 102 Å². The van der Waals surface area contributed by atoms with Gasteiger partial charge in [-0.05, 0) is 33.9 Å². The number of hydrogen-bond acceptors (Lipinski definition) is 2. The van der Waals surface area contributed by atoms with E-state index in [1.807, 2.05) is 17.5 Å². The molecule has 2 rings (SSSR count). The normalized spacial score (nSPS) is 12.6. The van der Waals surface area contributed by atoms with E-state index in [-0.39, 0.29) is 5.41 Å². The molecule has 0 saturated heterocycles. The summed E-state index contributed by atoms with van der Waals surface area (Å²) in [5.41, 5.74) is 4.06. The molecular weight excluding hydrogens is 214 g/mol. The summed E-state index contributed by atoms with van der Waals surface area (Å²) >= 11 is 1.81. The van der Waals surface area contributed by atoms with Gasteiger partial charge in [-0.1, -0.05) is 34.6 Å². The highest BCUT2D eigenvalue weighted by Gasteiger charge is 2.19. The van der Waals surface area contributed by atoms with Gasteiger partial charge in [0.05, 0.1) is 10.2 Å². The lowest BCUT2D eigenvalue weighted by atomic mass is 9.88. The lowest BCUT2D eigenvalue weighted by molar-refractivity contribution is 0.596. The predicted molar refractivity (Wildman–Crippen MR) is 72.4 cm³/mol. The topological polar surface area (TPSA) is 12.9 Å². The first-order valence-corrected chi connectivity index (χ1v) is 6.65. The van der Waals surface area contributed by atoms with Crippen LogP contribution in [0.15, 0.2) is 17.6 Å². The highest BCUT2D eigenvalue weighted by molar-refractivity contribution is 7.17. The first-order chi connectivity index (χ1) is 7.39. The standard InChI is InChI=1S/C14H19NS/c1-9(2)10-6-12-13(15-7-10)11(8-16-12)14(3,4)5/h6-9H,1-5H3. The van der Waals surface area contributed by atoms with Crippen molar-refractivity contribution in [2.45, 2.75) is 46.0 Å². The van der Waals surface area contributed by atoms with Crippen LogP contribution in [0.1, 0.15) is 51.7 Å². The Bertz CT molecular complexity index is 503. The zero-order chi connectivity index (χ0) is 11.9. The van der Waals surface area contributed by atoms with Crippen LogP contribution in [0.3, 0.4) is 0 Å². The zero-order valence-electron chi connectivity index (χ0n) is 10.7. The van der Waals surface area contributed by atoms with Crippen LogP contribution in [0.4, 0.5) is 0 Å². The Morgan fingerprint density at radius 2 is 1.94 bits per heavy atom. The molecule has 0 saturated carbocycles. The maximum absolute atomic E-state index is 4.64. The van der Waals surface area contributed by atoms with Gasteiger partial charge in [0.25, 0.3) is 0 Å². The lowest BCUT2D eigenvalue weighted by Gasteiger charge is -2.17. The second kappa shape index (κ2) is 3.85. The van der Waals surface area contributed by atoms with Crippen molar-refractivity contribution in [1.82, 2.24) is 4.98 Å². The number of aromatic nitrogens is 1. The minimum Gasteiger partial charge on any atom is -0.255 e. The van der Waals surface area contributed by atoms with Gasteiger partial charge in [-0.3, -0.25) is 4.98 Å². The van der Waals surface area contributed by atoms with E-state index in [0.717, 1.165) is 0 Å². The van der Waals surface area contributed by atoms with Gasteiger partial charge in [0.15, 0.2) is 0 Å². The minimum absolute atomic E-state index is 0.185. The van der Waals surface area contributed by atoms with E-state index >= 15 is 0 Å². The molecule has 0 unspecified atom stereocenters. The van der Waals surface area contributed by atoms with Crippen molar-refractivity contribution in [2.24, 2.45) is 0 Å². The Morgan fingerprint density at radius 3 is 2.50 bits per heavy atom. The molecule has 2 aromatic rings. The van der Waals surface area contributed by atoms with Crippen molar-refractivity contribution in [3.63, 3.8) is 0 Å². The number of rotatable bonds is 1. The molecule has 1 nitrogen and oxygen atoms in total. The molecule has 0 spiro atoms. The molecule has 2 heterocycles. The van der Waals surface area contributed by atoms with E-state index in [4.69, 9.17) is 0 Å². The van der Waals surface area contributed by atoms with Gasteiger partial charge in [-0.2, -0.15) is 0 Å². The number of thiophene rings is 1. The molecule has 2 aromatic heterocycles. The first kappa shape index (κ1) is 11.6. The molecule has 0 amide bonds. The quantitative estimate of drug-likeness (QED) is 0.694. The van der Waals surface area contributed by atoms with Crippen molar-refractivity contribution < 1.29 is 0 Å². The fourth-order valence-corrected chi connectivity index (χ4v) is 2.97. The smallest absolute Gasteiger partial charge is 0.0847 e. The second-order valence-electron chi connectivity index (χ2n) is 5.67. The number of hydrogen-bond donors (Lipinski definition) is 0. The fourth-order valence-electron chi connectivity index (χ4n) is 1.78. The molecule has 0 bridgehead atoms. The van der Waals surface area contributed by atoms with Crippen LogP contribution < -0.4 is 0 Å². The molecule has 16 heavy (non-hydrogen) atoms. The SMILES string of the molecule is CC(C)c1cnc2c(C(C)(C)C)csc2c1. The van der Waals surface area contributed by atoms with Crippen molar-refractivity contribution in [1.29, 1.82) is 0 Å². The molecule has 0 aliphatic rings. The number of nitrogens with zero attached hydrogens (tertiary/aromatic N) is 1. The van der Waals surface area contributed by atoms with Gasteiger partial charge in [0.1, 0.15) is 0 Å². The summed E-state index contributed by atoms with van der Waals surface area (Å²) < 4.78 is 1.32. The second-order valence-corrected chi connectivity index (χ2v) is 6.58. The summed E-state index contributed by atoms with van der Waals surface area (Å²) in [6.07, 6.45) is 2.02. The van der Waals surface area contributed by atoms with E-state index in [0.29, 0.717) is 5.92 Å². The Morgan fingerprint density at radius 1 is 1.25 bits per heavy atom. The molecule has 0 aliphatic heterocycles. The van der Waals surface area contributed by atoms with Crippen LogP contribution >= 0.6 is 11.3 Å².